The zero-order valence-corrected chi connectivity index (χ0v) is 12.7. The molecule has 24 heavy (non-hydrogen) atoms. The molecule has 0 unspecified atom stereocenters. The molecule has 7 heteroatoms. The van der Waals surface area contributed by atoms with Crippen molar-refractivity contribution in [1.82, 2.24) is 10.3 Å². The standard InChI is InChI=1S/C17H14F2N4O/c18-13-2-1-3-14(19)16(13)23-7-6-12(10-23)22-17(24)15-5-4-11(8-20)9-21-15/h1-5,9,12H,6-7,10H2,(H,22,24)/t12-/m1/s1. The minimum absolute atomic E-state index is 0.0641. The molecule has 1 atom stereocenters. The molecule has 0 radical (unpaired) electrons. The van der Waals surface area contributed by atoms with E-state index in [2.05, 4.69) is 10.3 Å². The van der Waals surface area contributed by atoms with Crippen LogP contribution in [0.3, 0.4) is 0 Å². The maximum atomic E-state index is 13.8. The maximum absolute atomic E-state index is 13.8. The van der Waals surface area contributed by atoms with Crippen molar-refractivity contribution in [2.75, 3.05) is 18.0 Å². The first-order valence-electron chi connectivity index (χ1n) is 7.44. The van der Waals surface area contributed by atoms with Crippen molar-refractivity contribution in [2.24, 2.45) is 0 Å². The van der Waals surface area contributed by atoms with Crippen LogP contribution in [0.2, 0.25) is 0 Å². The highest BCUT2D eigenvalue weighted by Crippen LogP contribution is 2.26. The number of nitriles is 1. The van der Waals surface area contributed by atoms with Crippen molar-refractivity contribution in [3.05, 3.63) is 59.4 Å². The van der Waals surface area contributed by atoms with E-state index in [-0.39, 0.29) is 23.3 Å². The highest BCUT2D eigenvalue weighted by molar-refractivity contribution is 5.92. The number of benzene rings is 1. The lowest BCUT2D eigenvalue weighted by Gasteiger charge is -2.20. The van der Waals surface area contributed by atoms with Gasteiger partial charge in [0.1, 0.15) is 29.1 Å². The quantitative estimate of drug-likeness (QED) is 0.938. The lowest BCUT2D eigenvalue weighted by atomic mass is 10.2. The Labute approximate surface area is 137 Å². The monoisotopic (exact) mass is 328 g/mol. The number of pyridine rings is 1. The van der Waals surface area contributed by atoms with Gasteiger partial charge in [0.25, 0.3) is 5.91 Å². The molecule has 0 spiro atoms. The predicted molar refractivity (Wildman–Crippen MR) is 83.4 cm³/mol. The zero-order chi connectivity index (χ0) is 17.1. The van der Waals surface area contributed by atoms with Crippen molar-refractivity contribution in [3.8, 4) is 6.07 Å². The number of nitrogens with one attached hydrogen (secondary N) is 1. The second kappa shape index (κ2) is 6.62. The number of halogens is 2. The summed E-state index contributed by atoms with van der Waals surface area (Å²) in [4.78, 5) is 17.7. The van der Waals surface area contributed by atoms with Crippen LogP contribution < -0.4 is 10.2 Å². The number of rotatable bonds is 3. The van der Waals surface area contributed by atoms with Crippen LogP contribution in [0.5, 0.6) is 0 Å². The molecule has 0 aliphatic carbocycles. The summed E-state index contributed by atoms with van der Waals surface area (Å²) in [6, 6.07) is 8.43. The summed E-state index contributed by atoms with van der Waals surface area (Å²) < 4.78 is 27.6. The van der Waals surface area contributed by atoms with Crippen LogP contribution in [0.25, 0.3) is 0 Å². The summed E-state index contributed by atoms with van der Waals surface area (Å²) in [5, 5.41) is 11.5. The first-order chi connectivity index (χ1) is 11.6. The molecular formula is C17H14F2N4O. The van der Waals surface area contributed by atoms with E-state index in [0.717, 1.165) is 0 Å². The van der Waals surface area contributed by atoms with Crippen molar-refractivity contribution < 1.29 is 13.6 Å². The van der Waals surface area contributed by atoms with Gasteiger partial charge in [-0.15, -0.1) is 0 Å². The van der Waals surface area contributed by atoms with Crippen LogP contribution in [-0.2, 0) is 0 Å². The number of anilines is 1. The highest BCUT2D eigenvalue weighted by atomic mass is 19.1. The first kappa shape index (κ1) is 15.9. The van der Waals surface area contributed by atoms with E-state index >= 15 is 0 Å². The lowest BCUT2D eigenvalue weighted by Crippen LogP contribution is -2.37. The van der Waals surface area contributed by atoms with Gasteiger partial charge in [-0.1, -0.05) is 6.07 Å². The second-order valence-corrected chi connectivity index (χ2v) is 5.52. The maximum Gasteiger partial charge on any atom is 0.270 e. The summed E-state index contributed by atoms with van der Waals surface area (Å²) in [6.07, 6.45) is 1.90. The fourth-order valence-corrected chi connectivity index (χ4v) is 2.73. The second-order valence-electron chi connectivity index (χ2n) is 5.52. The fraction of sp³-hybridized carbons (Fsp3) is 0.235. The topological polar surface area (TPSA) is 69.0 Å². The largest absolute Gasteiger partial charge is 0.365 e. The van der Waals surface area contributed by atoms with Crippen molar-refractivity contribution in [3.63, 3.8) is 0 Å². The van der Waals surface area contributed by atoms with Crippen molar-refractivity contribution in [2.45, 2.75) is 12.5 Å². The summed E-state index contributed by atoms with van der Waals surface area (Å²) in [6.45, 7) is 0.767. The summed E-state index contributed by atoms with van der Waals surface area (Å²) in [5.74, 6) is -1.60. The van der Waals surface area contributed by atoms with Gasteiger partial charge in [0.05, 0.1) is 5.56 Å². The van der Waals surface area contributed by atoms with Crippen LogP contribution in [0.4, 0.5) is 14.5 Å². The van der Waals surface area contributed by atoms with E-state index in [1.165, 1.54) is 36.5 Å². The van der Waals surface area contributed by atoms with E-state index in [1.54, 1.807) is 4.90 Å². The van der Waals surface area contributed by atoms with E-state index in [1.807, 2.05) is 6.07 Å². The lowest BCUT2D eigenvalue weighted by molar-refractivity contribution is 0.0935. The summed E-state index contributed by atoms with van der Waals surface area (Å²) >= 11 is 0. The Hall–Kier alpha value is -3.01. The van der Waals surface area contributed by atoms with Gasteiger partial charge in [-0.2, -0.15) is 5.26 Å². The third-order valence-electron chi connectivity index (χ3n) is 3.90. The number of amides is 1. The van der Waals surface area contributed by atoms with Crippen LogP contribution in [0.1, 0.15) is 22.5 Å². The molecular weight excluding hydrogens is 314 g/mol. The van der Waals surface area contributed by atoms with Gasteiger partial charge in [-0.3, -0.25) is 4.79 Å². The Morgan fingerprint density at radius 3 is 2.67 bits per heavy atom. The van der Waals surface area contributed by atoms with Gasteiger partial charge in [0, 0.05) is 25.3 Å². The van der Waals surface area contributed by atoms with Crippen LogP contribution in [-0.4, -0.2) is 30.0 Å². The van der Waals surface area contributed by atoms with Crippen molar-refractivity contribution >= 4 is 11.6 Å². The molecule has 1 amide bonds. The molecule has 2 heterocycles. The highest BCUT2D eigenvalue weighted by Gasteiger charge is 2.28. The fourth-order valence-electron chi connectivity index (χ4n) is 2.73. The molecule has 1 fully saturated rings. The normalized spacial score (nSPS) is 16.7. The molecule has 3 rings (SSSR count). The van der Waals surface area contributed by atoms with Gasteiger partial charge in [0.15, 0.2) is 0 Å². The van der Waals surface area contributed by atoms with Gasteiger partial charge in [-0.05, 0) is 30.7 Å². The molecule has 1 aliphatic rings. The van der Waals surface area contributed by atoms with E-state index in [0.29, 0.717) is 25.1 Å². The van der Waals surface area contributed by atoms with E-state index < -0.39 is 11.6 Å². The number of hydrogen-bond donors (Lipinski definition) is 1. The number of carbonyl (C=O) groups is 1. The summed E-state index contributed by atoms with van der Waals surface area (Å²) in [5.41, 5.74) is 0.504. The average molecular weight is 328 g/mol. The number of carbonyl (C=O) groups excluding carboxylic acids is 1. The molecule has 122 valence electrons. The Balaban J connectivity index is 1.65. The van der Waals surface area contributed by atoms with Gasteiger partial charge >= 0.3 is 0 Å². The summed E-state index contributed by atoms with van der Waals surface area (Å²) in [7, 11) is 0. The van der Waals surface area contributed by atoms with Crippen LogP contribution in [0.15, 0.2) is 36.5 Å². The van der Waals surface area contributed by atoms with Gasteiger partial charge in [-0.25, -0.2) is 13.8 Å². The number of aromatic nitrogens is 1. The number of hydrogen-bond acceptors (Lipinski definition) is 4. The average Bonchev–Trinajstić information content (AvgIpc) is 3.03. The third kappa shape index (κ3) is 3.18. The van der Waals surface area contributed by atoms with Gasteiger partial charge < -0.3 is 10.2 Å². The smallest absolute Gasteiger partial charge is 0.270 e. The van der Waals surface area contributed by atoms with E-state index in [4.69, 9.17) is 5.26 Å². The number of nitrogens with zero attached hydrogens (tertiary/aromatic N) is 3. The van der Waals surface area contributed by atoms with E-state index in [9.17, 15) is 13.6 Å². The minimum Gasteiger partial charge on any atom is -0.365 e. The molecule has 1 aromatic heterocycles. The molecule has 0 bridgehead atoms. The molecule has 2 aromatic rings. The van der Waals surface area contributed by atoms with Crippen LogP contribution in [0, 0.1) is 23.0 Å². The molecule has 1 aromatic carbocycles. The molecule has 1 saturated heterocycles. The Morgan fingerprint density at radius 1 is 1.29 bits per heavy atom. The third-order valence-corrected chi connectivity index (χ3v) is 3.90. The number of para-hydroxylation sites is 1. The first-order valence-corrected chi connectivity index (χ1v) is 7.44. The Kier molecular flexibility index (Phi) is 4.38. The van der Waals surface area contributed by atoms with Gasteiger partial charge in [0.2, 0.25) is 0 Å². The van der Waals surface area contributed by atoms with Crippen molar-refractivity contribution in [1.29, 1.82) is 5.26 Å². The molecule has 5 nitrogen and oxygen atoms in total. The molecule has 0 saturated carbocycles. The Bertz CT molecular complexity index is 781. The Morgan fingerprint density at radius 2 is 2.04 bits per heavy atom. The zero-order valence-electron chi connectivity index (χ0n) is 12.7. The molecule has 1 N–H and O–H groups in total. The minimum atomic E-state index is -0.615. The van der Waals surface area contributed by atoms with Crippen LogP contribution >= 0.6 is 0 Å². The molecule has 1 aliphatic heterocycles. The SMILES string of the molecule is N#Cc1ccc(C(=O)N[C@@H]2CCN(c3c(F)cccc3F)C2)nc1. The predicted octanol–water partition coefficient (Wildman–Crippen LogP) is 2.24.